The Kier molecular flexibility index (Phi) is 5.12. The zero-order chi connectivity index (χ0) is 18.8. The Balaban J connectivity index is 1.36. The Morgan fingerprint density at radius 2 is 1.81 bits per heavy atom. The number of hydrogen-bond acceptors (Lipinski definition) is 3. The van der Waals surface area contributed by atoms with Crippen molar-refractivity contribution in [2.75, 3.05) is 19.6 Å². The normalized spacial score (nSPS) is 21.2. The van der Waals surface area contributed by atoms with E-state index in [4.69, 9.17) is 0 Å². The molecule has 2 aromatic rings. The number of carbonyl (C=O) groups excluding carboxylic acids is 2. The summed E-state index contributed by atoms with van der Waals surface area (Å²) >= 11 is 0. The zero-order valence-electron chi connectivity index (χ0n) is 15.9. The molecule has 142 valence electrons. The largest absolute Gasteiger partial charge is 0.343 e. The smallest absolute Gasteiger partial charge is 0.224 e. The Labute approximate surface area is 160 Å². The van der Waals surface area contributed by atoms with E-state index in [1.807, 2.05) is 15.9 Å². The lowest BCUT2D eigenvalue weighted by atomic mass is 10.0. The highest BCUT2D eigenvalue weighted by molar-refractivity contribution is 5.86. The van der Waals surface area contributed by atoms with Crippen LogP contribution in [0, 0.1) is 0 Å². The number of likely N-dealkylation sites (tertiary alicyclic amines) is 2. The number of nitrogens with one attached hydrogen (secondary N) is 1. The molecule has 0 radical (unpaired) electrons. The molecule has 5 heteroatoms. The Morgan fingerprint density at radius 3 is 2.59 bits per heavy atom. The lowest BCUT2D eigenvalue weighted by Crippen LogP contribution is -2.47. The molecule has 1 atom stereocenters. The number of fused-ring (bicyclic) bond motifs is 1. The Bertz CT molecular complexity index is 837. The summed E-state index contributed by atoms with van der Waals surface area (Å²) in [4.78, 5) is 27.9. The fourth-order valence-corrected chi connectivity index (χ4v) is 4.37. The van der Waals surface area contributed by atoms with E-state index in [1.165, 1.54) is 16.3 Å². The highest BCUT2D eigenvalue weighted by atomic mass is 16.2. The maximum Gasteiger partial charge on any atom is 0.224 e. The van der Waals surface area contributed by atoms with Gasteiger partial charge >= 0.3 is 0 Å². The van der Waals surface area contributed by atoms with Gasteiger partial charge in [0.1, 0.15) is 0 Å². The third-order valence-electron chi connectivity index (χ3n) is 5.87. The first-order valence-corrected chi connectivity index (χ1v) is 9.86. The first-order chi connectivity index (χ1) is 13.1. The van der Waals surface area contributed by atoms with E-state index < -0.39 is 0 Å². The van der Waals surface area contributed by atoms with Crippen molar-refractivity contribution in [3.8, 4) is 0 Å². The number of rotatable bonds is 4. The Hall–Kier alpha value is -2.40. The van der Waals surface area contributed by atoms with Crippen molar-refractivity contribution >= 4 is 22.6 Å². The van der Waals surface area contributed by atoms with Crippen LogP contribution in [0.5, 0.6) is 0 Å². The Morgan fingerprint density at radius 1 is 1.07 bits per heavy atom. The monoisotopic (exact) mass is 365 g/mol. The summed E-state index contributed by atoms with van der Waals surface area (Å²) in [6.45, 7) is 4.69. The third-order valence-corrected chi connectivity index (χ3v) is 5.87. The van der Waals surface area contributed by atoms with E-state index in [0.29, 0.717) is 19.0 Å². The highest BCUT2D eigenvalue weighted by Gasteiger charge is 2.32. The lowest BCUT2D eigenvalue weighted by Gasteiger charge is -2.33. The van der Waals surface area contributed by atoms with Gasteiger partial charge in [0, 0.05) is 51.6 Å². The summed E-state index contributed by atoms with van der Waals surface area (Å²) in [5.41, 5.74) is 1.21. The summed E-state index contributed by atoms with van der Waals surface area (Å²) in [6.07, 6.45) is 2.50. The van der Waals surface area contributed by atoms with Crippen LogP contribution in [0.2, 0.25) is 0 Å². The van der Waals surface area contributed by atoms with Crippen LogP contribution in [-0.2, 0) is 16.1 Å². The fraction of sp³-hybridized carbons (Fsp3) is 0.455. The molecule has 0 spiro atoms. The minimum Gasteiger partial charge on any atom is -0.343 e. The molecular weight excluding hydrogens is 338 g/mol. The van der Waals surface area contributed by atoms with Gasteiger partial charge in [0.25, 0.3) is 0 Å². The SMILES string of the molecule is CC(=O)N1CCC(N[C@H]2CC(=O)N(Cc3cccc4ccccc34)C2)CC1. The standard InChI is InChI=1S/C22H27N3O2/c1-16(26)24-11-9-19(10-12-24)23-20-13-22(27)25(15-20)14-18-7-4-6-17-5-2-3-8-21(17)18/h2-8,19-20,23H,9-15H2,1H3/t20-/m0/s1. The van der Waals surface area contributed by atoms with Gasteiger partial charge in [-0.15, -0.1) is 0 Å². The third kappa shape index (κ3) is 3.98. The van der Waals surface area contributed by atoms with Crippen LogP contribution in [0.1, 0.15) is 31.7 Å². The molecule has 27 heavy (non-hydrogen) atoms. The number of benzene rings is 2. The summed E-state index contributed by atoms with van der Waals surface area (Å²) < 4.78 is 0. The van der Waals surface area contributed by atoms with Gasteiger partial charge in [-0.05, 0) is 29.2 Å². The van der Waals surface area contributed by atoms with Crippen LogP contribution in [0.3, 0.4) is 0 Å². The quantitative estimate of drug-likeness (QED) is 0.906. The van der Waals surface area contributed by atoms with Crippen LogP contribution >= 0.6 is 0 Å². The van der Waals surface area contributed by atoms with Crippen LogP contribution in [0.15, 0.2) is 42.5 Å². The number of carbonyl (C=O) groups is 2. The van der Waals surface area contributed by atoms with Crippen molar-refractivity contribution in [3.05, 3.63) is 48.0 Å². The van der Waals surface area contributed by atoms with E-state index >= 15 is 0 Å². The van der Waals surface area contributed by atoms with Crippen molar-refractivity contribution in [2.24, 2.45) is 0 Å². The molecule has 4 rings (SSSR count). The molecule has 0 aliphatic carbocycles. The van der Waals surface area contributed by atoms with Gasteiger partial charge in [-0.25, -0.2) is 0 Å². The van der Waals surface area contributed by atoms with Crippen LogP contribution in [-0.4, -0.2) is 53.3 Å². The predicted molar refractivity (Wildman–Crippen MR) is 106 cm³/mol. The fourth-order valence-electron chi connectivity index (χ4n) is 4.37. The molecule has 2 heterocycles. The molecule has 2 fully saturated rings. The minimum absolute atomic E-state index is 0.158. The molecular formula is C22H27N3O2. The van der Waals surface area contributed by atoms with E-state index in [0.717, 1.165) is 32.5 Å². The summed E-state index contributed by atoms with van der Waals surface area (Å²) in [5, 5.41) is 6.10. The van der Waals surface area contributed by atoms with Crippen molar-refractivity contribution in [2.45, 2.75) is 44.8 Å². The topological polar surface area (TPSA) is 52.7 Å². The molecule has 0 bridgehead atoms. The molecule has 0 aromatic heterocycles. The first-order valence-electron chi connectivity index (χ1n) is 9.86. The van der Waals surface area contributed by atoms with Gasteiger partial charge in [0.15, 0.2) is 0 Å². The van der Waals surface area contributed by atoms with Gasteiger partial charge in [0.2, 0.25) is 11.8 Å². The van der Waals surface area contributed by atoms with Gasteiger partial charge in [-0.3, -0.25) is 9.59 Å². The summed E-state index contributed by atoms with van der Waals surface area (Å²) in [5.74, 6) is 0.382. The number of hydrogen-bond donors (Lipinski definition) is 1. The van der Waals surface area contributed by atoms with Gasteiger partial charge in [0.05, 0.1) is 0 Å². The average molecular weight is 365 g/mol. The molecule has 2 aliphatic rings. The maximum atomic E-state index is 12.5. The number of nitrogens with zero attached hydrogens (tertiary/aromatic N) is 2. The second kappa shape index (κ2) is 7.69. The molecule has 2 amide bonds. The first kappa shape index (κ1) is 18.0. The van der Waals surface area contributed by atoms with Crippen LogP contribution in [0.4, 0.5) is 0 Å². The highest BCUT2D eigenvalue weighted by Crippen LogP contribution is 2.23. The van der Waals surface area contributed by atoms with Crippen molar-refractivity contribution in [1.29, 1.82) is 0 Å². The van der Waals surface area contributed by atoms with E-state index in [1.54, 1.807) is 6.92 Å². The molecule has 5 nitrogen and oxygen atoms in total. The van der Waals surface area contributed by atoms with E-state index in [9.17, 15) is 9.59 Å². The summed E-state index contributed by atoms with van der Waals surface area (Å²) in [7, 11) is 0. The zero-order valence-corrected chi connectivity index (χ0v) is 15.9. The maximum absolute atomic E-state index is 12.5. The summed E-state index contributed by atoms with van der Waals surface area (Å²) in [6, 6.07) is 15.2. The lowest BCUT2D eigenvalue weighted by molar-refractivity contribution is -0.130. The molecule has 2 saturated heterocycles. The molecule has 2 aliphatic heterocycles. The van der Waals surface area contributed by atoms with Crippen molar-refractivity contribution < 1.29 is 9.59 Å². The van der Waals surface area contributed by atoms with Crippen LogP contribution < -0.4 is 5.32 Å². The second-order valence-electron chi connectivity index (χ2n) is 7.76. The predicted octanol–water partition coefficient (Wildman–Crippen LogP) is 2.54. The van der Waals surface area contributed by atoms with Crippen molar-refractivity contribution in [1.82, 2.24) is 15.1 Å². The number of piperidine rings is 1. The van der Waals surface area contributed by atoms with E-state index in [-0.39, 0.29) is 17.9 Å². The van der Waals surface area contributed by atoms with Gasteiger partial charge in [-0.1, -0.05) is 42.5 Å². The molecule has 2 aromatic carbocycles. The van der Waals surface area contributed by atoms with Gasteiger partial charge < -0.3 is 15.1 Å². The second-order valence-corrected chi connectivity index (χ2v) is 7.76. The van der Waals surface area contributed by atoms with Gasteiger partial charge in [-0.2, -0.15) is 0 Å². The minimum atomic E-state index is 0.158. The molecule has 0 unspecified atom stereocenters. The van der Waals surface area contributed by atoms with Crippen LogP contribution in [0.25, 0.3) is 10.8 Å². The average Bonchev–Trinajstić information content (AvgIpc) is 3.01. The molecule has 0 saturated carbocycles. The van der Waals surface area contributed by atoms with E-state index in [2.05, 4.69) is 41.7 Å². The number of amides is 2. The van der Waals surface area contributed by atoms with Crippen molar-refractivity contribution in [3.63, 3.8) is 0 Å². The molecule has 1 N–H and O–H groups in total.